The first-order valence-electron chi connectivity index (χ1n) is 7.77. The number of morpholine rings is 1. The number of ether oxygens (including phenoxy) is 2. The second-order valence-electron chi connectivity index (χ2n) is 5.42. The molecule has 1 aromatic carbocycles. The van der Waals surface area contributed by atoms with Crippen LogP contribution in [0.4, 0.5) is 10.1 Å². The summed E-state index contributed by atoms with van der Waals surface area (Å²) in [5.41, 5.74) is 0.173. The van der Waals surface area contributed by atoms with E-state index in [0.717, 1.165) is 16.4 Å². The van der Waals surface area contributed by atoms with E-state index < -0.39 is 32.7 Å². The predicted molar refractivity (Wildman–Crippen MR) is 90.2 cm³/mol. The molecule has 2 rings (SSSR count). The third kappa shape index (κ3) is 4.85. The van der Waals surface area contributed by atoms with Gasteiger partial charge in [0.2, 0.25) is 10.0 Å². The molecule has 0 radical (unpaired) electrons. The molecule has 1 aliphatic heterocycles. The van der Waals surface area contributed by atoms with E-state index >= 15 is 0 Å². The Bertz CT molecular complexity index is 732. The Morgan fingerprint density at radius 3 is 2.80 bits per heavy atom. The summed E-state index contributed by atoms with van der Waals surface area (Å²) in [5.74, 6) is -1.34. The smallest absolute Gasteiger partial charge is 0.253 e. The lowest BCUT2D eigenvalue weighted by Gasteiger charge is -2.26. The summed E-state index contributed by atoms with van der Waals surface area (Å²) in [6, 6.07) is 3.42. The largest absolute Gasteiger partial charge is 0.379 e. The van der Waals surface area contributed by atoms with E-state index in [1.165, 1.54) is 12.1 Å². The van der Waals surface area contributed by atoms with Crippen molar-refractivity contribution in [2.45, 2.75) is 17.9 Å². The summed E-state index contributed by atoms with van der Waals surface area (Å²) in [6.45, 7) is 6.08. The number of anilines is 1. The van der Waals surface area contributed by atoms with Crippen molar-refractivity contribution in [2.24, 2.45) is 0 Å². The lowest BCUT2D eigenvalue weighted by Crippen LogP contribution is -2.41. The molecule has 9 heteroatoms. The van der Waals surface area contributed by atoms with Crippen LogP contribution in [0.2, 0.25) is 0 Å². The summed E-state index contributed by atoms with van der Waals surface area (Å²) in [4.78, 5) is 11.5. The number of hydrogen-bond acceptors (Lipinski definition) is 5. The van der Waals surface area contributed by atoms with Crippen molar-refractivity contribution in [3.8, 4) is 0 Å². The highest BCUT2D eigenvalue weighted by Gasteiger charge is 2.29. The lowest BCUT2D eigenvalue weighted by molar-refractivity contribution is -0.125. The molecule has 1 aromatic rings. The zero-order chi connectivity index (χ0) is 18.4. The standard InChI is InChI=1S/C16H21FN2O5S/c1-3-8-24-12(2)16(20)18-13-4-5-14(17)15(11-13)25(21,22)19-6-9-23-10-7-19/h3-5,11-12H,1,6-10H2,2H3,(H,18,20). The van der Waals surface area contributed by atoms with Crippen LogP contribution in [0.15, 0.2) is 35.7 Å². The molecular weight excluding hydrogens is 351 g/mol. The Morgan fingerprint density at radius 1 is 1.48 bits per heavy atom. The van der Waals surface area contributed by atoms with Crippen LogP contribution < -0.4 is 5.32 Å². The Labute approximate surface area is 146 Å². The zero-order valence-electron chi connectivity index (χ0n) is 13.9. The Morgan fingerprint density at radius 2 is 2.16 bits per heavy atom. The van der Waals surface area contributed by atoms with Gasteiger partial charge in [0.15, 0.2) is 0 Å². The van der Waals surface area contributed by atoms with Crippen molar-refractivity contribution in [2.75, 3.05) is 38.2 Å². The number of hydrogen-bond donors (Lipinski definition) is 1. The van der Waals surface area contributed by atoms with Gasteiger partial charge in [0.25, 0.3) is 5.91 Å². The van der Waals surface area contributed by atoms with E-state index in [-0.39, 0.29) is 38.6 Å². The van der Waals surface area contributed by atoms with Gasteiger partial charge in [-0.05, 0) is 25.1 Å². The van der Waals surface area contributed by atoms with Crippen LogP contribution in [0, 0.1) is 5.82 Å². The summed E-state index contributed by atoms with van der Waals surface area (Å²) in [5, 5.41) is 2.52. The maximum absolute atomic E-state index is 14.1. The molecule has 1 heterocycles. The van der Waals surface area contributed by atoms with Crippen molar-refractivity contribution in [1.82, 2.24) is 4.31 Å². The van der Waals surface area contributed by atoms with Gasteiger partial charge in [-0.15, -0.1) is 6.58 Å². The van der Waals surface area contributed by atoms with Crippen LogP contribution in [0.5, 0.6) is 0 Å². The first kappa shape index (κ1) is 19.5. The molecular formula is C16H21FN2O5S. The number of nitrogens with zero attached hydrogens (tertiary/aromatic N) is 1. The Kier molecular flexibility index (Phi) is 6.65. The van der Waals surface area contributed by atoms with E-state index in [1.54, 1.807) is 6.92 Å². The van der Waals surface area contributed by atoms with Gasteiger partial charge in [-0.2, -0.15) is 4.31 Å². The van der Waals surface area contributed by atoms with Crippen LogP contribution in [0.3, 0.4) is 0 Å². The topological polar surface area (TPSA) is 84.9 Å². The van der Waals surface area contributed by atoms with Crippen LogP contribution in [0.1, 0.15) is 6.92 Å². The lowest BCUT2D eigenvalue weighted by atomic mass is 10.3. The summed E-state index contributed by atoms with van der Waals surface area (Å²) in [7, 11) is -4.00. The van der Waals surface area contributed by atoms with Gasteiger partial charge < -0.3 is 14.8 Å². The SMILES string of the molecule is C=CCOC(C)C(=O)Nc1ccc(F)c(S(=O)(=O)N2CCOCC2)c1. The second kappa shape index (κ2) is 8.52. The molecule has 0 bridgehead atoms. The Hall–Kier alpha value is -1.81. The van der Waals surface area contributed by atoms with Crippen LogP contribution in [-0.2, 0) is 24.3 Å². The minimum absolute atomic E-state index is 0.158. The van der Waals surface area contributed by atoms with Gasteiger partial charge in [-0.25, -0.2) is 12.8 Å². The molecule has 0 aliphatic carbocycles. The maximum Gasteiger partial charge on any atom is 0.253 e. The third-order valence-corrected chi connectivity index (χ3v) is 5.53. The number of carbonyl (C=O) groups is 1. The van der Waals surface area contributed by atoms with Gasteiger partial charge in [0.05, 0.1) is 19.8 Å². The van der Waals surface area contributed by atoms with Gasteiger partial charge in [0.1, 0.15) is 16.8 Å². The van der Waals surface area contributed by atoms with Crippen molar-refractivity contribution >= 4 is 21.6 Å². The van der Waals surface area contributed by atoms with E-state index in [2.05, 4.69) is 11.9 Å². The summed E-state index contributed by atoms with van der Waals surface area (Å²) in [6.07, 6.45) is 0.747. The second-order valence-corrected chi connectivity index (χ2v) is 7.32. The fraction of sp³-hybridized carbons (Fsp3) is 0.438. The molecule has 0 saturated carbocycles. The first-order valence-corrected chi connectivity index (χ1v) is 9.21. The highest BCUT2D eigenvalue weighted by atomic mass is 32.2. The fourth-order valence-corrected chi connectivity index (χ4v) is 3.74. The number of halogens is 1. The van der Waals surface area contributed by atoms with Crippen molar-refractivity contribution in [1.29, 1.82) is 0 Å². The number of benzene rings is 1. The molecule has 138 valence electrons. The van der Waals surface area contributed by atoms with E-state index in [4.69, 9.17) is 9.47 Å². The monoisotopic (exact) mass is 372 g/mol. The average Bonchev–Trinajstić information content (AvgIpc) is 2.61. The van der Waals surface area contributed by atoms with Crippen molar-refractivity contribution in [3.05, 3.63) is 36.7 Å². The molecule has 25 heavy (non-hydrogen) atoms. The van der Waals surface area contributed by atoms with Crippen molar-refractivity contribution < 1.29 is 27.1 Å². The molecule has 1 N–H and O–H groups in total. The quantitative estimate of drug-likeness (QED) is 0.731. The first-order chi connectivity index (χ1) is 11.9. The van der Waals surface area contributed by atoms with Crippen LogP contribution >= 0.6 is 0 Å². The minimum atomic E-state index is -4.00. The molecule has 0 aromatic heterocycles. The minimum Gasteiger partial charge on any atom is -0.379 e. The molecule has 0 spiro atoms. The molecule has 1 aliphatic rings. The number of rotatable bonds is 7. The molecule has 7 nitrogen and oxygen atoms in total. The zero-order valence-corrected chi connectivity index (χ0v) is 14.7. The van der Waals surface area contributed by atoms with Gasteiger partial charge in [-0.3, -0.25) is 4.79 Å². The third-order valence-electron chi connectivity index (χ3n) is 3.62. The van der Waals surface area contributed by atoms with Gasteiger partial charge in [0, 0.05) is 18.8 Å². The Balaban J connectivity index is 2.19. The van der Waals surface area contributed by atoms with Crippen molar-refractivity contribution in [3.63, 3.8) is 0 Å². The average molecular weight is 372 g/mol. The number of carbonyl (C=O) groups excluding carboxylic acids is 1. The molecule has 1 unspecified atom stereocenters. The molecule has 1 amide bonds. The number of nitrogens with one attached hydrogen (secondary N) is 1. The van der Waals surface area contributed by atoms with E-state index in [9.17, 15) is 17.6 Å². The summed E-state index contributed by atoms with van der Waals surface area (Å²) >= 11 is 0. The van der Waals surface area contributed by atoms with Gasteiger partial charge >= 0.3 is 0 Å². The molecule has 1 atom stereocenters. The highest BCUT2D eigenvalue weighted by molar-refractivity contribution is 7.89. The molecule has 1 saturated heterocycles. The van der Waals surface area contributed by atoms with E-state index in [0.29, 0.717) is 0 Å². The predicted octanol–water partition coefficient (Wildman–Crippen LogP) is 1.38. The highest BCUT2D eigenvalue weighted by Crippen LogP contribution is 2.24. The maximum atomic E-state index is 14.1. The molecule has 1 fully saturated rings. The normalized spacial score (nSPS) is 17.0. The fourth-order valence-electron chi connectivity index (χ4n) is 2.24. The van der Waals surface area contributed by atoms with Crippen LogP contribution in [-0.4, -0.2) is 57.6 Å². The van der Waals surface area contributed by atoms with Crippen LogP contribution in [0.25, 0.3) is 0 Å². The number of amides is 1. The van der Waals surface area contributed by atoms with E-state index in [1.807, 2.05) is 0 Å². The summed E-state index contributed by atoms with van der Waals surface area (Å²) < 4.78 is 50.8. The van der Waals surface area contributed by atoms with Gasteiger partial charge in [-0.1, -0.05) is 6.08 Å². The number of sulfonamides is 1.